The predicted molar refractivity (Wildman–Crippen MR) is 161 cm³/mol. The molecule has 1 aliphatic heterocycles. The molecule has 44 heavy (non-hydrogen) atoms. The van der Waals surface area contributed by atoms with Gasteiger partial charge in [-0.3, -0.25) is 9.69 Å². The molecule has 0 spiro atoms. The van der Waals surface area contributed by atoms with Crippen LogP contribution in [0.2, 0.25) is 0 Å². The molecule has 2 atom stereocenters. The van der Waals surface area contributed by atoms with Crippen molar-refractivity contribution in [2.75, 3.05) is 13.7 Å². The summed E-state index contributed by atoms with van der Waals surface area (Å²) in [5, 5.41) is 9.80. The van der Waals surface area contributed by atoms with E-state index in [2.05, 4.69) is 19.9 Å². The molecule has 2 fully saturated rings. The summed E-state index contributed by atoms with van der Waals surface area (Å²) in [5.74, 6) is -0.00544. The van der Waals surface area contributed by atoms with Crippen LogP contribution in [0.1, 0.15) is 99.6 Å². The van der Waals surface area contributed by atoms with Crippen molar-refractivity contribution in [2.45, 2.75) is 97.4 Å². The number of carboxylic acids is 1. The van der Waals surface area contributed by atoms with Crippen molar-refractivity contribution in [3.05, 3.63) is 69.8 Å². The Morgan fingerprint density at radius 2 is 1.86 bits per heavy atom. The third-order valence-corrected chi connectivity index (χ3v) is 9.92. The Kier molecular flexibility index (Phi) is 8.55. The van der Waals surface area contributed by atoms with Crippen LogP contribution in [0.15, 0.2) is 42.0 Å². The van der Waals surface area contributed by atoms with Crippen LogP contribution in [-0.4, -0.2) is 41.8 Å². The summed E-state index contributed by atoms with van der Waals surface area (Å²) in [6.07, 6.45) is 0.164. The number of halogens is 3. The summed E-state index contributed by atoms with van der Waals surface area (Å²) in [6.45, 7) is 8.11. The second-order valence-corrected chi connectivity index (χ2v) is 13.7. The van der Waals surface area contributed by atoms with Gasteiger partial charge in [-0.1, -0.05) is 38.0 Å². The predicted octanol–water partition coefficient (Wildman–Crippen LogP) is 8.76. The number of cyclic esters (lactones) is 1. The normalized spacial score (nSPS) is 22.9. The Hall–Kier alpha value is -3.49. The molecule has 1 amide bonds. The third kappa shape index (κ3) is 6.33. The summed E-state index contributed by atoms with van der Waals surface area (Å²) >= 11 is 0. The van der Waals surface area contributed by atoms with Gasteiger partial charge in [-0.2, -0.15) is 13.2 Å². The molecule has 0 bridgehead atoms. The standard InChI is InChI=1S/C35H42F3NO5/c1-21-15-24(18-26(16-21)35(36,37)38)30-22(2)39(32(42)44-30)20-25-19-33(3,4)13-10-27(25)28-17-23(7-8-29(28)43-5)9-14-34(31(40)41)11-6-12-34/h7-8,15-18,22,30H,6,9-14,19-20H2,1-5H3,(H,40,41)/t22-,30-/m0/s1. The third-order valence-electron chi connectivity index (χ3n) is 9.92. The van der Waals surface area contributed by atoms with E-state index in [1.807, 2.05) is 19.1 Å². The van der Waals surface area contributed by atoms with Crippen LogP contribution in [0.25, 0.3) is 5.57 Å². The highest BCUT2D eigenvalue weighted by Crippen LogP contribution is 2.48. The highest BCUT2D eigenvalue weighted by atomic mass is 19.4. The quantitative estimate of drug-likeness (QED) is 0.306. The molecule has 6 nitrogen and oxygen atoms in total. The van der Waals surface area contributed by atoms with Gasteiger partial charge in [-0.25, -0.2) is 4.79 Å². The lowest BCUT2D eigenvalue weighted by Crippen LogP contribution is -2.38. The minimum atomic E-state index is -4.50. The zero-order valence-electron chi connectivity index (χ0n) is 26.1. The van der Waals surface area contributed by atoms with Gasteiger partial charge in [0.2, 0.25) is 0 Å². The molecule has 1 saturated heterocycles. The second-order valence-electron chi connectivity index (χ2n) is 13.7. The molecule has 1 N–H and O–H groups in total. The maximum atomic E-state index is 13.6. The van der Waals surface area contributed by atoms with Crippen LogP contribution in [0, 0.1) is 17.8 Å². The lowest BCUT2D eigenvalue weighted by molar-refractivity contribution is -0.155. The lowest BCUT2D eigenvalue weighted by atomic mass is 9.65. The fourth-order valence-electron chi connectivity index (χ4n) is 7.10. The van der Waals surface area contributed by atoms with E-state index >= 15 is 0 Å². The largest absolute Gasteiger partial charge is 0.496 e. The summed E-state index contributed by atoms with van der Waals surface area (Å²) in [5.41, 5.74) is 3.53. The molecule has 1 heterocycles. The smallest absolute Gasteiger partial charge is 0.416 e. The summed E-state index contributed by atoms with van der Waals surface area (Å²) in [6, 6.07) is 9.36. The number of aryl methyl sites for hydroxylation is 2. The molecule has 9 heteroatoms. The van der Waals surface area contributed by atoms with Gasteiger partial charge in [0.1, 0.15) is 11.9 Å². The van der Waals surface area contributed by atoms with Crippen LogP contribution in [-0.2, 0) is 22.1 Å². The lowest BCUT2D eigenvalue weighted by Gasteiger charge is -2.38. The van der Waals surface area contributed by atoms with Crippen molar-refractivity contribution in [3.63, 3.8) is 0 Å². The highest BCUT2D eigenvalue weighted by Gasteiger charge is 2.44. The average molecular weight is 614 g/mol. The molecule has 238 valence electrons. The van der Waals surface area contributed by atoms with E-state index in [1.165, 1.54) is 0 Å². The number of alkyl halides is 3. The fourth-order valence-corrected chi connectivity index (χ4v) is 7.10. The van der Waals surface area contributed by atoms with Crippen molar-refractivity contribution < 1.29 is 37.3 Å². The van der Waals surface area contributed by atoms with Crippen molar-refractivity contribution in [3.8, 4) is 5.75 Å². The van der Waals surface area contributed by atoms with Gasteiger partial charge < -0.3 is 14.6 Å². The number of nitrogens with zero attached hydrogens (tertiary/aromatic N) is 1. The maximum absolute atomic E-state index is 13.6. The fraction of sp³-hybridized carbons (Fsp3) is 0.543. The van der Waals surface area contributed by atoms with E-state index in [4.69, 9.17) is 9.47 Å². The number of amides is 1. The molecule has 2 aliphatic carbocycles. The molecular formula is C35H42F3NO5. The zero-order chi connectivity index (χ0) is 32.0. The minimum Gasteiger partial charge on any atom is -0.496 e. The van der Waals surface area contributed by atoms with Crippen molar-refractivity contribution in [2.24, 2.45) is 10.8 Å². The number of rotatable bonds is 9. The molecule has 2 aromatic carbocycles. The number of carbonyl (C=O) groups excluding carboxylic acids is 1. The summed E-state index contributed by atoms with van der Waals surface area (Å²) < 4.78 is 52.2. The van der Waals surface area contributed by atoms with Gasteiger partial charge >= 0.3 is 18.2 Å². The van der Waals surface area contributed by atoms with E-state index in [1.54, 1.807) is 25.0 Å². The summed E-state index contributed by atoms with van der Waals surface area (Å²) in [4.78, 5) is 26.8. The Morgan fingerprint density at radius 1 is 1.14 bits per heavy atom. The first-order chi connectivity index (χ1) is 20.6. The van der Waals surface area contributed by atoms with Crippen molar-refractivity contribution >= 4 is 17.6 Å². The van der Waals surface area contributed by atoms with Gasteiger partial charge in [0, 0.05) is 12.1 Å². The molecule has 1 saturated carbocycles. The first-order valence-electron chi connectivity index (χ1n) is 15.4. The minimum absolute atomic E-state index is 0.00775. The van der Waals surface area contributed by atoms with Gasteiger partial charge in [-0.15, -0.1) is 0 Å². The van der Waals surface area contributed by atoms with E-state index in [0.717, 1.165) is 60.1 Å². The molecule has 0 radical (unpaired) electrons. The Balaban J connectivity index is 1.46. The van der Waals surface area contributed by atoms with E-state index in [-0.39, 0.29) is 5.41 Å². The first kappa shape index (κ1) is 31.9. The molecule has 2 aromatic rings. The Bertz CT molecular complexity index is 1470. The number of aliphatic carboxylic acids is 1. The molecule has 3 aliphatic rings. The molecule has 0 aromatic heterocycles. The molecule has 0 unspecified atom stereocenters. The second kappa shape index (κ2) is 11.8. The SMILES string of the molecule is COc1ccc(CCC2(C(=O)O)CCC2)cc1C1=C(CN2C(=O)O[C@H](c3cc(C)cc(C(F)(F)F)c3)[C@@H]2C)CC(C)(C)CC1. The Labute approximate surface area is 257 Å². The number of benzene rings is 2. The average Bonchev–Trinajstić information content (AvgIpc) is 3.19. The van der Waals surface area contributed by atoms with E-state index in [0.29, 0.717) is 49.1 Å². The number of ether oxygens (including phenoxy) is 2. The molecular weight excluding hydrogens is 571 g/mol. The highest BCUT2D eigenvalue weighted by molar-refractivity contribution is 5.77. The monoisotopic (exact) mass is 613 g/mol. The van der Waals surface area contributed by atoms with Gasteiger partial charge in [0.15, 0.2) is 0 Å². The number of carboxylic acid groups (broad SMARTS) is 1. The summed E-state index contributed by atoms with van der Waals surface area (Å²) in [7, 11) is 1.63. The topological polar surface area (TPSA) is 76.1 Å². The van der Waals surface area contributed by atoms with Gasteiger partial charge in [0.05, 0.1) is 24.1 Å². The van der Waals surface area contributed by atoms with E-state index < -0.39 is 41.4 Å². The van der Waals surface area contributed by atoms with Crippen molar-refractivity contribution in [1.29, 1.82) is 0 Å². The van der Waals surface area contributed by atoms with Crippen molar-refractivity contribution in [1.82, 2.24) is 4.90 Å². The van der Waals surface area contributed by atoms with Crippen LogP contribution < -0.4 is 4.74 Å². The van der Waals surface area contributed by atoms with Crippen LogP contribution in [0.5, 0.6) is 5.75 Å². The number of methoxy groups -OCH3 is 1. The number of hydrogen-bond donors (Lipinski definition) is 1. The van der Waals surface area contributed by atoms with Crippen LogP contribution in [0.4, 0.5) is 18.0 Å². The maximum Gasteiger partial charge on any atom is 0.416 e. The Morgan fingerprint density at radius 3 is 2.48 bits per heavy atom. The van der Waals surface area contributed by atoms with Crippen LogP contribution >= 0.6 is 0 Å². The number of hydrogen-bond acceptors (Lipinski definition) is 4. The molecule has 5 rings (SSSR count). The first-order valence-corrected chi connectivity index (χ1v) is 15.4. The number of allylic oxidation sites excluding steroid dienone is 1. The number of carbonyl (C=O) groups is 2. The van der Waals surface area contributed by atoms with E-state index in [9.17, 15) is 27.9 Å². The van der Waals surface area contributed by atoms with Gasteiger partial charge in [-0.05, 0) is 111 Å². The van der Waals surface area contributed by atoms with Crippen LogP contribution in [0.3, 0.4) is 0 Å². The van der Waals surface area contributed by atoms with Gasteiger partial charge in [0.25, 0.3) is 0 Å². The zero-order valence-corrected chi connectivity index (χ0v) is 26.1.